The number of nitrogens with zero attached hydrogens (tertiary/aromatic N) is 1. The average Bonchev–Trinajstić information content (AvgIpc) is 3.20. The van der Waals surface area contributed by atoms with Gasteiger partial charge in [-0.05, 0) is 31.2 Å². The number of carbonyl (C=O) groups excluding carboxylic acids is 1. The van der Waals surface area contributed by atoms with Crippen LogP contribution in [-0.4, -0.2) is 24.1 Å². The summed E-state index contributed by atoms with van der Waals surface area (Å²) in [6, 6.07) is 7.20. The molecular formula is C17H15NO4. The number of ether oxygens (including phenoxy) is 2. The van der Waals surface area contributed by atoms with E-state index >= 15 is 0 Å². The van der Waals surface area contributed by atoms with E-state index in [-0.39, 0.29) is 12.7 Å². The molecule has 0 bridgehead atoms. The molecule has 1 amide bonds. The largest absolute Gasteiger partial charge is 0.472 e. The number of hydrogen-bond donors (Lipinski definition) is 0. The minimum atomic E-state index is -0.221. The molecule has 0 saturated carbocycles. The molecule has 3 rings (SSSR count). The Balaban J connectivity index is 1.70. The van der Waals surface area contributed by atoms with Gasteiger partial charge >= 0.3 is 0 Å². The third-order valence-corrected chi connectivity index (χ3v) is 3.31. The van der Waals surface area contributed by atoms with Crippen LogP contribution in [0.4, 0.5) is 0 Å². The van der Waals surface area contributed by atoms with E-state index < -0.39 is 0 Å². The van der Waals surface area contributed by atoms with Crippen LogP contribution in [0.3, 0.4) is 0 Å². The molecule has 2 aromatic rings. The highest BCUT2D eigenvalue weighted by Gasteiger charge is 2.13. The van der Waals surface area contributed by atoms with Gasteiger partial charge in [0.15, 0.2) is 11.5 Å². The molecule has 22 heavy (non-hydrogen) atoms. The van der Waals surface area contributed by atoms with Crippen LogP contribution in [0.5, 0.6) is 11.5 Å². The van der Waals surface area contributed by atoms with Crippen molar-refractivity contribution in [3.05, 3.63) is 47.9 Å². The molecule has 0 saturated heterocycles. The van der Waals surface area contributed by atoms with Crippen LogP contribution in [-0.2, 0) is 11.3 Å². The second-order valence-corrected chi connectivity index (χ2v) is 4.77. The minimum absolute atomic E-state index is 0.221. The normalized spacial score (nSPS) is 11.7. The van der Waals surface area contributed by atoms with Crippen LogP contribution in [0.1, 0.15) is 18.1 Å². The molecule has 0 unspecified atom stereocenters. The monoisotopic (exact) mass is 297 g/mol. The topological polar surface area (TPSA) is 51.9 Å². The Bertz CT molecular complexity index is 725. The Hall–Kier alpha value is -2.87. The molecule has 0 aliphatic carbocycles. The van der Waals surface area contributed by atoms with E-state index in [0.717, 1.165) is 11.1 Å². The predicted molar refractivity (Wildman–Crippen MR) is 79.2 cm³/mol. The molecule has 5 nitrogen and oxygen atoms in total. The highest BCUT2D eigenvalue weighted by atomic mass is 16.7. The maximum absolute atomic E-state index is 12.2. The van der Waals surface area contributed by atoms with Crippen LogP contribution in [0.15, 0.2) is 41.2 Å². The molecule has 1 aromatic carbocycles. The number of carbonyl (C=O) groups is 1. The van der Waals surface area contributed by atoms with Crippen LogP contribution in [0.25, 0.3) is 0 Å². The summed E-state index contributed by atoms with van der Waals surface area (Å²) >= 11 is 0. The summed E-state index contributed by atoms with van der Waals surface area (Å²) in [7, 11) is 0. The zero-order chi connectivity index (χ0) is 15.4. The molecule has 112 valence electrons. The Morgan fingerprint density at radius 1 is 1.27 bits per heavy atom. The summed E-state index contributed by atoms with van der Waals surface area (Å²) < 4.78 is 15.5. The van der Waals surface area contributed by atoms with Gasteiger partial charge in [0.2, 0.25) is 6.79 Å². The smallest absolute Gasteiger partial charge is 0.299 e. The summed E-state index contributed by atoms with van der Waals surface area (Å²) in [5.74, 6) is 6.67. The van der Waals surface area contributed by atoms with Crippen LogP contribution in [0, 0.1) is 11.8 Å². The molecule has 1 aromatic heterocycles. The second kappa shape index (κ2) is 6.27. The molecule has 5 heteroatoms. The number of furan rings is 1. The third-order valence-electron chi connectivity index (χ3n) is 3.31. The number of rotatable bonds is 3. The van der Waals surface area contributed by atoms with Gasteiger partial charge in [-0.15, -0.1) is 0 Å². The van der Waals surface area contributed by atoms with E-state index in [9.17, 15) is 4.79 Å². The van der Waals surface area contributed by atoms with Crippen molar-refractivity contribution in [2.45, 2.75) is 13.5 Å². The number of hydrogen-bond acceptors (Lipinski definition) is 4. The summed E-state index contributed by atoms with van der Waals surface area (Å²) in [5.41, 5.74) is 1.66. The maximum Gasteiger partial charge on any atom is 0.299 e. The van der Waals surface area contributed by atoms with E-state index in [4.69, 9.17) is 13.9 Å². The van der Waals surface area contributed by atoms with Gasteiger partial charge in [0.1, 0.15) is 0 Å². The molecule has 1 aliphatic heterocycles. The molecule has 1 aliphatic rings. The molecule has 0 radical (unpaired) electrons. The van der Waals surface area contributed by atoms with Gasteiger partial charge in [-0.1, -0.05) is 5.92 Å². The fourth-order valence-corrected chi connectivity index (χ4v) is 2.11. The van der Waals surface area contributed by atoms with Gasteiger partial charge in [0, 0.05) is 30.1 Å². The zero-order valence-electron chi connectivity index (χ0n) is 12.2. The Labute approximate surface area is 128 Å². The Kier molecular flexibility index (Phi) is 4.01. The first-order valence-corrected chi connectivity index (χ1v) is 6.98. The first-order valence-electron chi connectivity index (χ1n) is 6.98. The Morgan fingerprint density at radius 3 is 2.91 bits per heavy atom. The van der Waals surface area contributed by atoms with E-state index in [1.807, 2.05) is 13.0 Å². The Morgan fingerprint density at radius 2 is 2.14 bits per heavy atom. The maximum atomic E-state index is 12.2. The van der Waals surface area contributed by atoms with Crippen LogP contribution < -0.4 is 9.47 Å². The van der Waals surface area contributed by atoms with Crippen molar-refractivity contribution in [3.8, 4) is 23.3 Å². The molecule has 2 heterocycles. The average molecular weight is 297 g/mol. The van der Waals surface area contributed by atoms with E-state index in [0.29, 0.717) is 24.6 Å². The first kappa shape index (κ1) is 14.1. The standard InChI is InChI=1S/C17H15NO4/c1-2-18(10-14-7-8-20-11-14)17(19)6-4-13-3-5-15-16(9-13)22-12-21-15/h3,5,7-9,11H,2,10,12H2,1H3. The van der Waals surface area contributed by atoms with E-state index in [1.165, 1.54) is 0 Å². The van der Waals surface area contributed by atoms with Crippen molar-refractivity contribution >= 4 is 5.91 Å². The molecule has 0 fully saturated rings. The van der Waals surface area contributed by atoms with Crippen LogP contribution in [0.2, 0.25) is 0 Å². The summed E-state index contributed by atoms with van der Waals surface area (Å²) in [4.78, 5) is 13.8. The van der Waals surface area contributed by atoms with Gasteiger partial charge in [-0.2, -0.15) is 0 Å². The lowest BCUT2D eigenvalue weighted by Gasteiger charge is -2.16. The van der Waals surface area contributed by atoms with E-state index in [2.05, 4.69) is 11.8 Å². The summed E-state index contributed by atoms with van der Waals surface area (Å²) in [6.07, 6.45) is 3.22. The highest BCUT2D eigenvalue weighted by Crippen LogP contribution is 2.32. The summed E-state index contributed by atoms with van der Waals surface area (Å²) in [6.45, 7) is 3.21. The van der Waals surface area contributed by atoms with Gasteiger partial charge in [-0.3, -0.25) is 4.79 Å². The van der Waals surface area contributed by atoms with Gasteiger partial charge in [-0.25, -0.2) is 0 Å². The fraction of sp³-hybridized carbons (Fsp3) is 0.235. The predicted octanol–water partition coefficient (Wildman–Crippen LogP) is 2.41. The lowest BCUT2D eigenvalue weighted by molar-refractivity contribution is -0.125. The lowest BCUT2D eigenvalue weighted by Crippen LogP contribution is -2.28. The number of fused-ring (bicyclic) bond motifs is 1. The lowest BCUT2D eigenvalue weighted by atomic mass is 10.2. The van der Waals surface area contributed by atoms with Crippen molar-refractivity contribution in [2.24, 2.45) is 0 Å². The van der Waals surface area contributed by atoms with Crippen molar-refractivity contribution in [1.29, 1.82) is 0 Å². The van der Waals surface area contributed by atoms with Gasteiger partial charge in [0.05, 0.1) is 12.5 Å². The van der Waals surface area contributed by atoms with Gasteiger partial charge < -0.3 is 18.8 Å². The van der Waals surface area contributed by atoms with Gasteiger partial charge in [0.25, 0.3) is 5.91 Å². The zero-order valence-corrected chi connectivity index (χ0v) is 12.2. The molecule has 0 spiro atoms. The summed E-state index contributed by atoms with van der Waals surface area (Å²) in [5, 5.41) is 0. The van der Waals surface area contributed by atoms with Crippen molar-refractivity contribution in [3.63, 3.8) is 0 Å². The van der Waals surface area contributed by atoms with Crippen molar-refractivity contribution in [2.75, 3.05) is 13.3 Å². The fourth-order valence-electron chi connectivity index (χ4n) is 2.11. The quantitative estimate of drug-likeness (QED) is 0.816. The third kappa shape index (κ3) is 3.07. The second-order valence-electron chi connectivity index (χ2n) is 4.77. The number of benzene rings is 1. The first-order chi connectivity index (χ1) is 10.8. The SMILES string of the molecule is CCN(Cc1ccoc1)C(=O)C#Cc1ccc2c(c1)OCO2. The highest BCUT2D eigenvalue weighted by molar-refractivity contribution is 5.94. The van der Waals surface area contributed by atoms with E-state index in [1.54, 1.807) is 35.6 Å². The van der Waals surface area contributed by atoms with Crippen molar-refractivity contribution < 1.29 is 18.7 Å². The van der Waals surface area contributed by atoms with Crippen LogP contribution >= 0.6 is 0 Å². The molecular weight excluding hydrogens is 282 g/mol. The minimum Gasteiger partial charge on any atom is -0.472 e. The number of amides is 1. The van der Waals surface area contributed by atoms with Crippen molar-refractivity contribution in [1.82, 2.24) is 4.90 Å². The molecule has 0 N–H and O–H groups in total. The molecule has 0 atom stereocenters.